The molecule has 0 saturated heterocycles. The summed E-state index contributed by atoms with van der Waals surface area (Å²) >= 11 is 0. The highest BCUT2D eigenvalue weighted by molar-refractivity contribution is 7.88. The number of carbonyl (C=O) groups is 1. The summed E-state index contributed by atoms with van der Waals surface area (Å²) in [5.74, 6) is -0.488. The van der Waals surface area contributed by atoms with Crippen LogP contribution in [0.4, 0.5) is 5.82 Å². The summed E-state index contributed by atoms with van der Waals surface area (Å²) in [7, 11) is -0.964. The van der Waals surface area contributed by atoms with E-state index in [0.717, 1.165) is 4.31 Å². The zero-order valence-electron chi connectivity index (χ0n) is 11.1. The molecule has 2 aromatic heterocycles. The van der Waals surface area contributed by atoms with Gasteiger partial charge in [-0.25, -0.2) is 12.7 Å². The van der Waals surface area contributed by atoms with E-state index >= 15 is 0 Å². The molecule has 0 aromatic carbocycles. The van der Waals surface area contributed by atoms with Crippen LogP contribution in [-0.4, -0.2) is 37.9 Å². The number of nitrogens with zero attached hydrogens (tertiary/aromatic N) is 2. The van der Waals surface area contributed by atoms with Crippen molar-refractivity contribution in [2.24, 2.45) is 0 Å². The van der Waals surface area contributed by atoms with E-state index < -0.39 is 15.9 Å². The first kappa shape index (κ1) is 14.3. The van der Waals surface area contributed by atoms with Crippen LogP contribution in [0.5, 0.6) is 0 Å². The van der Waals surface area contributed by atoms with E-state index in [1.54, 1.807) is 6.92 Å². The summed E-state index contributed by atoms with van der Waals surface area (Å²) < 4.78 is 34.4. The molecule has 2 heterocycles. The number of furan rings is 1. The van der Waals surface area contributed by atoms with Gasteiger partial charge in [0.05, 0.1) is 0 Å². The third kappa shape index (κ3) is 2.58. The molecule has 0 aliphatic rings. The minimum Gasteiger partial charge on any atom is -0.438 e. The molecule has 0 aliphatic carbocycles. The molecule has 0 unspecified atom stereocenters. The minimum absolute atomic E-state index is 0.132. The van der Waals surface area contributed by atoms with Crippen molar-refractivity contribution in [3.8, 4) is 0 Å². The summed E-state index contributed by atoms with van der Waals surface area (Å²) in [6.07, 6.45) is 1.37. The highest BCUT2D eigenvalue weighted by Gasteiger charge is 2.23. The van der Waals surface area contributed by atoms with E-state index in [0.29, 0.717) is 5.56 Å². The number of hydrogen-bond acceptors (Lipinski definition) is 6. The molecule has 0 atom stereocenters. The normalized spacial score (nSPS) is 11.8. The van der Waals surface area contributed by atoms with Crippen LogP contribution in [0.1, 0.15) is 16.1 Å². The molecule has 1 amide bonds. The van der Waals surface area contributed by atoms with Crippen molar-refractivity contribution in [1.82, 2.24) is 9.46 Å². The predicted molar refractivity (Wildman–Crippen MR) is 68.8 cm³/mol. The van der Waals surface area contributed by atoms with Crippen molar-refractivity contribution >= 4 is 21.7 Å². The Morgan fingerprint density at radius 2 is 2.05 bits per heavy atom. The molecule has 2 aromatic rings. The van der Waals surface area contributed by atoms with Gasteiger partial charge < -0.3 is 14.3 Å². The van der Waals surface area contributed by atoms with Crippen LogP contribution in [0.15, 0.2) is 32.4 Å². The third-order valence-electron chi connectivity index (χ3n) is 2.52. The van der Waals surface area contributed by atoms with Crippen molar-refractivity contribution in [2.45, 2.75) is 12.0 Å². The van der Waals surface area contributed by atoms with E-state index in [-0.39, 0.29) is 16.7 Å². The Morgan fingerprint density at radius 3 is 2.60 bits per heavy atom. The van der Waals surface area contributed by atoms with Crippen molar-refractivity contribution in [2.75, 3.05) is 19.4 Å². The first-order valence-corrected chi connectivity index (χ1v) is 7.01. The molecule has 1 N–H and O–H groups in total. The van der Waals surface area contributed by atoms with Crippen molar-refractivity contribution in [3.05, 3.63) is 29.7 Å². The van der Waals surface area contributed by atoms with E-state index in [9.17, 15) is 13.2 Å². The predicted octanol–water partition coefficient (Wildman–Crippen LogP) is 1.08. The smallest absolute Gasteiger partial charge is 0.292 e. The average Bonchev–Trinajstić information content (AvgIpc) is 2.99. The molecule has 8 nitrogen and oxygen atoms in total. The molecule has 20 heavy (non-hydrogen) atoms. The Bertz CT molecular complexity index is 729. The molecule has 0 radical (unpaired) electrons. The lowest BCUT2D eigenvalue weighted by Crippen LogP contribution is -2.21. The van der Waals surface area contributed by atoms with Crippen LogP contribution in [-0.2, 0) is 10.0 Å². The van der Waals surface area contributed by atoms with E-state index in [1.807, 2.05) is 0 Å². The topological polar surface area (TPSA) is 106 Å². The average molecular weight is 299 g/mol. The number of hydrogen-bond donors (Lipinski definition) is 1. The highest BCUT2D eigenvalue weighted by atomic mass is 32.2. The Morgan fingerprint density at radius 1 is 1.35 bits per heavy atom. The fraction of sp³-hybridized carbons (Fsp3) is 0.273. The van der Waals surface area contributed by atoms with Gasteiger partial charge in [0.25, 0.3) is 15.9 Å². The maximum Gasteiger partial charge on any atom is 0.292 e. The summed E-state index contributed by atoms with van der Waals surface area (Å²) in [5, 5.41) is 5.74. The van der Waals surface area contributed by atoms with Crippen LogP contribution in [0.3, 0.4) is 0 Å². The maximum absolute atomic E-state index is 11.9. The van der Waals surface area contributed by atoms with Gasteiger partial charge in [-0.1, -0.05) is 5.16 Å². The standard InChI is InChI=1S/C11H13N3O5S/c1-7-6-18-13-10(7)12-11(15)8-4-5-9(19-8)20(16,17)14(2)3/h4-6H,1-3H3,(H,12,13,15). The molecule has 0 spiro atoms. The van der Waals surface area contributed by atoms with Crippen molar-refractivity contribution in [1.29, 1.82) is 0 Å². The molecule has 9 heteroatoms. The molecule has 0 bridgehead atoms. The maximum atomic E-state index is 11.9. The van der Waals surface area contributed by atoms with Crippen LogP contribution < -0.4 is 5.32 Å². The van der Waals surface area contributed by atoms with Crippen molar-refractivity contribution in [3.63, 3.8) is 0 Å². The van der Waals surface area contributed by atoms with Crippen LogP contribution >= 0.6 is 0 Å². The highest BCUT2D eigenvalue weighted by Crippen LogP contribution is 2.18. The Kier molecular flexibility index (Phi) is 3.64. The third-order valence-corrected chi connectivity index (χ3v) is 4.21. The van der Waals surface area contributed by atoms with E-state index in [4.69, 9.17) is 4.42 Å². The van der Waals surface area contributed by atoms with Gasteiger partial charge in [-0.05, 0) is 19.1 Å². The van der Waals surface area contributed by atoms with Gasteiger partial charge in [-0.15, -0.1) is 0 Å². The quantitative estimate of drug-likeness (QED) is 0.905. The van der Waals surface area contributed by atoms with Gasteiger partial charge in [0.2, 0.25) is 5.09 Å². The summed E-state index contributed by atoms with van der Waals surface area (Å²) in [4.78, 5) is 11.9. The Labute approximate surface area is 115 Å². The number of sulfonamides is 1. The van der Waals surface area contributed by atoms with Gasteiger partial charge >= 0.3 is 0 Å². The fourth-order valence-electron chi connectivity index (χ4n) is 1.34. The van der Waals surface area contributed by atoms with Crippen LogP contribution in [0, 0.1) is 6.92 Å². The minimum atomic E-state index is -3.71. The Hall–Kier alpha value is -2.13. The summed E-state index contributed by atoms with van der Waals surface area (Å²) in [6.45, 7) is 1.70. The molecular weight excluding hydrogens is 286 g/mol. The van der Waals surface area contributed by atoms with E-state index in [2.05, 4.69) is 15.0 Å². The Balaban J connectivity index is 2.21. The number of rotatable bonds is 4. The second-order valence-corrected chi connectivity index (χ2v) is 6.29. The van der Waals surface area contributed by atoms with Gasteiger partial charge in [-0.2, -0.15) is 0 Å². The molecular formula is C11H13N3O5S. The number of amides is 1. The zero-order valence-corrected chi connectivity index (χ0v) is 11.9. The molecule has 0 aliphatic heterocycles. The molecule has 2 rings (SSSR count). The molecule has 108 valence electrons. The lowest BCUT2D eigenvalue weighted by Gasteiger charge is -2.07. The SMILES string of the molecule is Cc1conc1NC(=O)c1ccc(S(=O)(=O)N(C)C)o1. The number of aryl methyl sites for hydroxylation is 1. The van der Waals surface area contributed by atoms with Gasteiger partial charge in [-0.3, -0.25) is 4.79 Å². The first-order chi connectivity index (χ1) is 9.32. The van der Waals surface area contributed by atoms with E-state index in [1.165, 1.54) is 32.5 Å². The second kappa shape index (κ2) is 5.10. The number of carbonyl (C=O) groups excluding carboxylic acids is 1. The van der Waals surface area contributed by atoms with Gasteiger partial charge in [0.1, 0.15) is 6.26 Å². The zero-order chi connectivity index (χ0) is 14.9. The molecule has 0 saturated carbocycles. The first-order valence-electron chi connectivity index (χ1n) is 5.57. The number of anilines is 1. The number of nitrogens with one attached hydrogen (secondary N) is 1. The monoisotopic (exact) mass is 299 g/mol. The van der Waals surface area contributed by atoms with Crippen LogP contribution in [0.2, 0.25) is 0 Å². The largest absolute Gasteiger partial charge is 0.438 e. The molecule has 0 fully saturated rings. The van der Waals surface area contributed by atoms with Crippen LogP contribution in [0.25, 0.3) is 0 Å². The lowest BCUT2D eigenvalue weighted by atomic mass is 10.3. The second-order valence-electron chi connectivity index (χ2n) is 4.21. The lowest BCUT2D eigenvalue weighted by molar-refractivity contribution is 0.0990. The van der Waals surface area contributed by atoms with Gasteiger partial charge in [0.15, 0.2) is 11.6 Å². The summed E-state index contributed by atoms with van der Waals surface area (Å²) in [5.41, 5.74) is 0.644. The van der Waals surface area contributed by atoms with Crippen molar-refractivity contribution < 1.29 is 22.2 Å². The van der Waals surface area contributed by atoms with Gasteiger partial charge in [0, 0.05) is 19.7 Å². The fourth-order valence-corrected chi connectivity index (χ4v) is 2.13. The summed E-state index contributed by atoms with van der Waals surface area (Å²) in [6, 6.07) is 2.50. The number of aromatic nitrogens is 1.